The fourth-order valence-electron chi connectivity index (χ4n) is 2.47. The van der Waals surface area contributed by atoms with E-state index in [1.165, 1.54) is 14.0 Å². The molecule has 0 spiro atoms. The SMILES string of the molecule is CCC(C)N1CCN(CC(NC(C)=O)C(=O)OC)CC1. The molecule has 0 saturated carbocycles. The molecule has 1 fully saturated rings. The third-order valence-corrected chi connectivity index (χ3v) is 3.93. The van der Waals surface area contributed by atoms with Crippen molar-refractivity contribution in [1.29, 1.82) is 0 Å². The summed E-state index contributed by atoms with van der Waals surface area (Å²) in [6.45, 7) is 10.2. The fourth-order valence-corrected chi connectivity index (χ4v) is 2.47. The summed E-state index contributed by atoms with van der Waals surface area (Å²) in [5.74, 6) is -0.594. The lowest BCUT2D eigenvalue weighted by Crippen LogP contribution is -2.54. The second-order valence-corrected chi connectivity index (χ2v) is 5.37. The molecule has 0 aromatic rings. The van der Waals surface area contributed by atoms with Crippen LogP contribution in [0.25, 0.3) is 0 Å². The van der Waals surface area contributed by atoms with Crippen LogP contribution in [0.15, 0.2) is 0 Å². The van der Waals surface area contributed by atoms with Gasteiger partial charge in [0, 0.05) is 45.7 Å². The Bertz CT molecular complexity index is 328. The lowest BCUT2D eigenvalue weighted by atomic mass is 10.1. The van der Waals surface area contributed by atoms with Gasteiger partial charge in [0.2, 0.25) is 5.91 Å². The van der Waals surface area contributed by atoms with Crippen LogP contribution in [-0.2, 0) is 14.3 Å². The van der Waals surface area contributed by atoms with Crippen LogP contribution in [0.5, 0.6) is 0 Å². The molecule has 1 rings (SSSR count). The van der Waals surface area contributed by atoms with Crippen LogP contribution >= 0.6 is 0 Å². The molecule has 0 aromatic carbocycles. The topological polar surface area (TPSA) is 61.9 Å². The number of hydrogen-bond donors (Lipinski definition) is 1. The van der Waals surface area contributed by atoms with Crippen LogP contribution in [0.3, 0.4) is 0 Å². The first-order valence-electron chi connectivity index (χ1n) is 7.29. The molecule has 1 amide bonds. The average Bonchev–Trinajstić information content (AvgIpc) is 2.45. The zero-order valence-corrected chi connectivity index (χ0v) is 13.0. The van der Waals surface area contributed by atoms with Crippen LogP contribution in [0.2, 0.25) is 0 Å². The molecule has 6 nitrogen and oxygen atoms in total. The minimum atomic E-state index is -0.576. The molecular formula is C14H27N3O3. The highest BCUT2D eigenvalue weighted by atomic mass is 16.5. The summed E-state index contributed by atoms with van der Waals surface area (Å²) in [5.41, 5.74) is 0. The second-order valence-electron chi connectivity index (χ2n) is 5.37. The van der Waals surface area contributed by atoms with E-state index in [1.807, 2.05) is 0 Å². The predicted octanol–water partition coefficient (Wildman–Crippen LogP) is 0.0802. The largest absolute Gasteiger partial charge is 0.467 e. The lowest BCUT2D eigenvalue weighted by molar-refractivity contribution is -0.145. The Morgan fingerprint density at radius 2 is 1.85 bits per heavy atom. The van der Waals surface area contributed by atoms with Crippen LogP contribution < -0.4 is 5.32 Å². The van der Waals surface area contributed by atoms with E-state index in [2.05, 4.69) is 29.0 Å². The van der Waals surface area contributed by atoms with Gasteiger partial charge < -0.3 is 10.1 Å². The number of amides is 1. The Hall–Kier alpha value is -1.14. The number of rotatable bonds is 6. The first-order valence-corrected chi connectivity index (χ1v) is 7.29. The monoisotopic (exact) mass is 285 g/mol. The highest BCUT2D eigenvalue weighted by Crippen LogP contribution is 2.09. The predicted molar refractivity (Wildman–Crippen MR) is 77.4 cm³/mol. The molecule has 116 valence electrons. The number of ether oxygens (including phenoxy) is 1. The molecule has 6 heteroatoms. The average molecular weight is 285 g/mol. The van der Waals surface area contributed by atoms with Gasteiger partial charge in [-0.3, -0.25) is 14.6 Å². The van der Waals surface area contributed by atoms with Gasteiger partial charge in [-0.2, -0.15) is 0 Å². The molecular weight excluding hydrogens is 258 g/mol. The van der Waals surface area contributed by atoms with Crippen molar-refractivity contribution in [3.05, 3.63) is 0 Å². The number of nitrogens with one attached hydrogen (secondary N) is 1. The highest BCUT2D eigenvalue weighted by molar-refractivity contribution is 5.83. The molecule has 1 heterocycles. The number of piperazine rings is 1. The zero-order valence-electron chi connectivity index (χ0n) is 13.0. The van der Waals surface area contributed by atoms with Gasteiger partial charge in [0.05, 0.1) is 7.11 Å². The van der Waals surface area contributed by atoms with Crippen molar-refractivity contribution in [3.63, 3.8) is 0 Å². The minimum Gasteiger partial charge on any atom is -0.467 e. The molecule has 2 atom stereocenters. The van der Waals surface area contributed by atoms with Gasteiger partial charge in [-0.1, -0.05) is 6.92 Å². The van der Waals surface area contributed by atoms with Gasteiger partial charge in [-0.15, -0.1) is 0 Å². The van der Waals surface area contributed by atoms with Crippen LogP contribution in [0.1, 0.15) is 27.2 Å². The number of nitrogens with zero attached hydrogens (tertiary/aromatic N) is 2. The van der Waals surface area contributed by atoms with Gasteiger partial charge in [0.25, 0.3) is 0 Å². The van der Waals surface area contributed by atoms with E-state index in [4.69, 9.17) is 4.74 Å². The van der Waals surface area contributed by atoms with Crippen molar-refractivity contribution >= 4 is 11.9 Å². The van der Waals surface area contributed by atoms with Crippen molar-refractivity contribution < 1.29 is 14.3 Å². The smallest absolute Gasteiger partial charge is 0.329 e. The van der Waals surface area contributed by atoms with Crippen LogP contribution in [0, 0.1) is 0 Å². The Morgan fingerprint density at radius 3 is 2.30 bits per heavy atom. The highest BCUT2D eigenvalue weighted by Gasteiger charge is 2.26. The van der Waals surface area contributed by atoms with E-state index in [9.17, 15) is 9.59 Å². The number of carbonyl (C=O) groups is 2. The molecule has 0 bridgehead atoms. The molecule has 2 unspecified atom stereocenters. The van der Waals surface area contributed by atoms with Crippen LogP contribution in [0.4, 0.5) is 0 Å². The molecule has 0 aliphatic carbocycles. The maximum absolute atomic E-state index is 11.7. The van der Waals surface area contributed by atoms with E-state index in [0.29, 0.717) is 12.6 Å². The lowest BCUT2D eigenvalue weighted by Gasteiger charge is -2.38. The van der Waals surface area contributed by atoms with Crippen LogP contribution in [-0.4, -0.2) is 73.6 Å². The molecule has 1 saturated heterocycles. The third-order valence-electron chi connectivity index (χ3n) is 3.93. The molecule has 1 aliphatic rings. The standard InChI is InChI=1S/C14H27N3O3/c1-5-11(2)17-8-6-16(7-9-17)10-13(14(19)20-4)15-12(3)18/h11,13H,5-10H2,1-4H3,(H,15,18). The first kappa shape index (κ1) is 16.9. The van der Waals surface area contributed by atoms with E-state index in [-0.39, 0.29) is 11.9 Å². The molecule has 20 heavy (non-hydrogen) atoms. The Kier molecular flexibility index (Phi) is 6.95. The third kappa shape index (κ3) is 5.09. The summed E-state index contributed by atoms with van der Waals surface area (Å²) >= 11 is 0. The summed E-state index contributed by atoms with van der Waals surface area (Å²) in [7, 11) is 1.35. The molecule has 0 radical (unpaired) electrons. The van der Waals surface area contributed by atoms with E-state index < -0.39 is 6.04 Å². The zero-order chi connectivity index (χ0) is 15.1. The number of methoxy groups -OCH3 is 1. The fraction of sp³-hybridized carbons (Fsp3) is 0.857. The van der Waals surface area contributed by atoms with Gasteiger partial charge >= 0.3 is 5.97 Å². The summed E-state index contributed by atoms with van der Waals surface area (Å²) < 4.78 is 4.74. The quantitative estimate of drug-likeness (QED) is 0.700. The van der Waals surface area contributed by atoms with E-state index >= 15 is 0 Å². The van der Waals surface area contributed by atoms with Gasteiger partial charge in [0.15, 0.2) is 0 Å². The van der Waals surface area contributed by atoms with Crippen molar-refractivity contribution in [2.75, 3.05) is 39.8 Å². The summed E-state index contributed by atoms with van der Waals surface area (Å²) in [6, 6.07) is 0.0246. The second kappa shape index (κ2) is 8.21. The van der Waals surface area contributed by atoms with Crippen molar-refractivity contribution in [2.24, 2.45) is 0 Å². The molecule has 1 N–H and O–H groups in total. The maximum atomic E-state index is 11.7. The van der Waals surface area contributed by atoms with Gasteiger partial charge in [-0.25, -0.2) is 4.79 Å². The van der Waals surface area contributed by atoms with Gasteiger partial charge in [0.1, 0.15) is 6.04 Å². The Labute approximate surface area is 121 Å². The minimum absolute atomic E-state index is 0.210. The van der Waals surface area contributed by atoms with E-state index in [0.717, 1.165) is 32.6 Å². The van der Waals surface area contributed by atoms with Crippen molar-refractivity contribution in [3.8, 4) is 0 Å². The number of esters is 1. The van der Waals surface area contributed by atoms with Crippen molar-refractivity contribution in [2.45, 2.75) is 39.3 Å². The summed E-state index contributed by atoms with van der Waals surface area (Å²) in [6.07, 6.45) is 1.15. The number of hydrogen-bond acceptors (Lipinski definition) is 5. The van der Waals surface area contributed by atoms with Crippen molar-refractivity contribution in [1.82, 2.24) is 15.1 Å². The number of carbonyl (C=O) groups excluding carboxylic acids is 2. The first-order chi connectivity index (χ1) is 9.47. The summed E-state index contributed by atoms with van der Waals surface area (Å²) in [5, 5.41) is 2.65. The Balaban J connectivity index is 2.47. The molecule has 1 aliphatic heterocycles. The Morgan fingerprint density at radius 1 is 1.25 bits per heavy atom. The normalized spacial score (nSPS) is 20.2. The maximum Gasteiger partial charge on any atom is 0.329 e. The van der Waals surface area contributed by atoms with E-state index in [1.54, 1.807) is 0 Å². The molecule has 0 aromatic heterocycles. The summed E-state index contributed by atoms with van der Waals surface area (Å²) in [4.78, 5) is 27.5. The van der Waals surface area contributed by atoms with Gasteiger partial charge in [-0.05, 0) is 13.3 Å².